The van der Waals surface area contributed by atoms with Crippen molar-refractivity contribution in [2.75, 3.05) is 5.32 Å². The van der Waals surface area contributed by atoms with Gasteiger partial charge in [0, 0.05) is 16.8 Å². The van der Waals surface area contributed by atoms with Crippen molar-refractivity contribution in [2.24, 2.45) is 5.10 Å². The molecule has 2 aromatic rings. The number of thioether (sulfide) groups is 1. The molecule has 0 saturated heterocycles. The van der Waals surface area contributed by atoms with Gasteiger partial charge >= 0.3 is 0 Å². The number of carbonyl (C=O) groups excluding carboxylic acids is 1. The molecule has 4 nitrogen and oxygen atoms in total. The van der Waals surface area contributed by atoms with Gasteiger partial charge in [-0.3, -0.25) is 10.2 Å². The Labute approximate surface area is 124 Å². The average Bonchev–Trinajstić information content (AvgIpc) is 3.05. The smallest absolute Gasteiger partial charge is 0.267 e. The number of benzene rings is 2. The van der Waals surface area contributed by atoms with Gasteiger partial charge in [-0.15, -0.1) is 0 Å². The lowest BCUT2D eigenvalue weighted by molar-refractivity contribution is -0.118. The van der Waals surface area contributed by atoms with Gasteiger partial charge in [-0.25, -0.2) is 4.39 Å². The van der Waals surface area contributed by atoms with Crippen LogP contribution < -0.4 is 10.7 Å². The molecule has 21 heavy (non-hydrogen) atoms. The number of amides is 1. The Morgan fingerprint density at radius 3 is 2.67 bits per heavy atom. The molecule has 6 heteroatoms. The van der Waals surface area contributed by atoms with Crippen molar-refractivity contribution in [1.82, 2.24) is 5.43 Å². The maximum absolute atomic E-state index is 13.0. The highest BCUT2D eigenvalue weighted by atomic mass is 32.2. The maximum atomic E-state index is 13.0. The van der Waals surface area contributed by atoms with E-state index in [9.17, 15) is 9.18 Å². The van der Waals surface area contributed by atoms with E-state index in [4.69, 9.17) is 0 Å². The highest BCUT2D eigenvalue weighted by Crippen LogP contribution is 2.47. The number of para-hydroxylation sites is 1. The summed E-state index contributed by atoms with van der Waals surface area (Å²) in [5.41, 5.74) is 5.38. The summed E-state index contributed by atoms with van der Waals surface area (Å²) in [7, 11) is 0. The molecule has 0 fully saturated rings. The molecule has 2 aromatic carbocycles. The Morgan fingerprint density at radius 2 is 1.86 bits per heavy atom. The number of nitrogens with one attached hydrogen (secondary N) is 2. The molecule has 4 rings (SSSR count). The van der Waals surface area contributed by atoms with Crippen LogP contribution in [-0.2, 0) is 9.67 Å². The van der Waals surface area contributed by atoms with Gasteiger partial charge in [-0.2, -0.15) is 5.10 Å². The minimum atomic E-state index is -0.930. The molecule has 2 heterocycles. The summed E-state index contributed by atoms with van der Waals surface area (Å²) in [6.45, 7) is 0. The first kappa shape index (κ1) is 12.4. The summed E-state index contributed by atoms with van der Waals surface area (Å²) in [6.07, 6.45) is 0. The normalized spacial score (nSPS) is 22.7. The topological polar surface area (TPSA) is 53.5 Å². The van der Waals surface area contributed by atoms with Crippen molar-refractivity contribution in [3.63, 3.8) is 0 Å². The van der Waals surface area contributed by atoms with Crippen LogP contribution in [0.3, 0.4) is 0 Å². The van der Waals surface area contributed by atoms with Crippen molar-refractivity contribution in [1.29, 1.82) is 0 Å². The number of hydrogen-bond donors (Lipinski definition) is 2. The number of anilines is 1. The molecule has 0 bridgehead atoms. The Hall–Kier alpha value is -2.34. The van der Waals surface area contributed by atoms with Gasteiger partial charge in [-0.05, 0) is 30.3 Å². The maximum Gasteiger partial charge on any atom is 0.267 e. The first-order chi connectivity index (χ1) is 10.2. The summed E-state index contributed by atoms with van der Waals surface area (Å²) in [5, 5.41) is 7.79. The second-order valence-electron chi connectivity index (χ2n) is 4.82. The van der Waals surface area contributed by atoms with E-state index in [0.29, 0.717) is 5.04 Å². The third kappa shape index (κ3) is 1.76. The van der Waals surface area contributed by atoms with E-state index in [1.165, 1.54) is 23.9 Å². The Morgan fingerprint density at radius 1 is 1.10 bits per heavy atom. The third-order valence-corrected chi connectivity index (χ3v) is 4.85. The standard InChI is InChI=1S/C15H10FN3OS/c16-10-7-5-9(6-8-10)13-18-19-15(21-13)11-3-1-2-4-12(11)17-14(15)20/h1-8,19H,(H,17,20). The van der Waals surface area contributed by atoms with Crippen LogP contribution in [0, 0.1) is 5.82 Å². The summed E-state index contributed by atoms with van der Waals surface area (Å²) in [6, 6.07) is 13.6. The number of fused-ring (bicyclic) bond motifs is 2. The molecule has 104 valence electrons. The van der Waals surface area contributed by atoms with Gasteiger partial charge in [0.15, 0.2) is 0 Å². The molecular formula is C15H10FN3OS. The molecule has 0 saturated carbocycles. The molecule has 1 atom stereocenters. The van der Waals surface area contributed by atoms with E-state index < -0.39 is 4.87 Å². The number of rotatable bonds is 1. The number of hydrazone groups is 1. The van der Waals surface area contributed by atoms with Gasteiger partial charge in [0.25, 0.3) is 5.91 Å². The van der Waals surface area contributed by atoms with Crippen LogP contribution >= 0.6 is 11.8 Å². The predicted molar refractivity (Wildman–Crippen MR) is 80.4 cm³/mol. The predicted octanol–water partition coefficient (Wildman–Crippen LogP) is 2.63. The van der Waals surface area contributed by atoms with Crippen LogP contribution in [0.15, 0.2) is 53.6 Å². The fourth-order valence-corrected chi connectivity index (χ4v) is 3.64. The van der Waals surface area contributed by atoms with E-state index in [0.717, 1.165) is 16.8 Å². The molecule has 1 unspecified atom stereocenters. The number of hydrogen-bond acceptors (Lipinski definition) is 4. The summed E-state index contributed by atoms with van der Waals surface area (Å²) < 4.78 is 13.0. The average molecular weight is 299 g/mol. The van der Waals surface area contributed by atoms with Gasteiger partial charge in [0.05, 0.1) is 0 Å². The third-order valence-electron chi connectivity index (χ3n) is 3.53. The number of carbonyl (C=O) groups is 1. The quantitative estimate of drug-likeness (QED) is 0.851. The molecule has 0 radical (unpaired) electrons. The van der Waals surface area contributed by atoms with Crippen LogP contribution in [-0.4, -0.2) is 11.0 Å². The first-order valence-electron chi connectivity index (χ1n) is 6.40. The zero-order valence-corrected chi connectivity index (χ0v) is 11.6. The fraction of sp³-hybridized carbons (Fsp3) is 0.0667. The second kappa shape index (κ2) is 4.33. The van der Waals surface area contributed by atoms with E-state index in [2.05, 4.69) is 15.8 Å². The summed E-state index contributed by atoms with van der Waals surface area (Å²) in [5.74, 6) is -0.441. The van der Waals surface area contributed by atoms with E-state index in [1.54, 1.807) is 12.1 Å². The molecular weight excluding hydrogens is 289 g/mol. The van der Waals surface area contributed by atoms with E-state index >= 15 is 0 Å². The Kier molecular flexibility index (Phi) is 2.56. The minimum Gasteiger partial charge on any atom is -0.323 e. The number of halogens is 1. The zero-order chi connectivity index (χ0) is 14.4. The van der Waals surface area contributed by atoms with Crippen molar-refractivity contribution >= 4 is 28.4 Å². The lowest BCUT2D eigenvalue weighted by Crippen LogP contribution is -2.39. The van der Waals surface area contributed by atoms with Crippen molar-refractivity contribution in [2.45, 2.75) is 4.87 Å². The summed E-state index contributed by atoms with van der Waals surface area (Å²) >= 11 is 1.33. The van der Waals surface area contributed by atoms with Crippen LogP contribution in [0.1, 0.15) is 11.1 Å². The van der Waals surface area contributed by atoms with Crippen molar-refractivity contribution < 1.29 is 9.18 Å². The minimum absolute atomic E-state index is 0.144. The largest absolute Gasteiger partial charge is 0.323 e. The van der Waals surface area contributed by atoms with Crippen molar-refractivity contribution in [3.05, 3.63) is 65.5 Å². The molecule has 2 aliphatic heterocycles. The lowest BCUT2D eigenvalue weighted by Gasteiger charge is -2.19. The molecule has 1 spiro atoms. The lowest BCUT2D eigenvalue weighted by atomic mass is 10.1. The molecule has 2 aliphatic rings. The molecule has 0 aliphatic carbocycles. The van der Waals surface area contributed by atoms with Gasteiger partial charge in [0.1, 0.15) is 10.9 Å². The van der Waals surface area contributed by atoms with Gasteiger partial charge in [-0.1, -0.05) is 30.0 Å². The SMILES string of the molecule is O=C1Nc2ccccc2C12NN=C(c1ccc(F)cc1)S2. The Bertz CT molecular complexity index is 775. The summed E-state index contributed by atoms with van der Waals surface area (Å²) in [4.78, 5) is 11.4. The van der Waals surface area contributed by atoms with Crippen LogP contribution in [0.2, 0.25) is 0 Å². The van der Waals surface area contributed by atoms with Crippen LogP contribution in [0.4, 0.5) is 10.1 Å². The first-order valence-corrected chi connectivity index (χ1v) is 7.21. The zero-order valence-electron chi connectivity index (χ0n) is 10.8. The second-order valence-corrected chi connectivity index (χ2v) is 6.02. The van der Waals surface area contributed by atoms with Crippen LogP contribution in [0.5, 0.6) is 0 Å². The highest BCUT2D eigenvalue weighted by molar-refractivity contribution is 8.16. The van der Waals surface area contributed by atoms with Gasteiger partial charge in [0.2, 0.25) is 4.87 Å². The van der Waals surface area contributed by atoms with Crippen molar-refractivity contribution in [3.8, 4) is 0 Å². The fourth-order valence-electron chi connectivity index (χ4n) is 2.48. The van der Waals surface area contributed by atoms with Gasteiger partial charge < -0.3 is 5.32 Å². The van der Waals surface area contributed by atoms with E-state index in [-0.39, 0.29) is 11.7 Å². The number of nitrogens with zero attached hydrogens (tertiary/aromatic N) is 1. The Balaban J connectivity index is 1.72. The monoisotopic (exact) mass is 299 g/mol. The molecule has 1 amide bonds. The van der Waals surface area contributed by atoms with E-state index in [1.807, 2.05) is 24.3 Å². The highest BCUT2D eigenvalue weighted by Gasteiger charge is 2.51. The molecule has 0 aromatic heterocycles. The van der Waals surface area contributed by atoms with Crippen LogP contribution in [0.25, 0.3) is 0 Å². The molecule has 2 N–H and O–H groups in total.